The molecule has 0 saturated heterocycles. The number of rotatable bonds is 13. The topological polar surface area (TPSA) is 86.8 Å². The Balaban J connectivity index is 2.01. The van der Waals surface area contributed by atoms with Crippen LogP contribution in [0.1, 0.15) is 50.8 Å². The Bertz CT molecular complexity index is 1370. The number of nitrogens with zero attached hydrogens (tertiary/aromatic N) is 2. The number of nitrogens with one attached hydrogen (secondary N) is 1. The van der Waals surface area contributed by atoms with Crippen LogP contribution in [0.15, 0.2) is 83.8 Å². The lowest BCUT2D eigenvalue weighted by molar-refractivity contribution is -0.139. The minimum atomic E-state index is -4.08. The first kappa shape index (κ1) is 30.9. The Hall–Kier alpha value is -3.65. The van der Waals surface area contributed by atoms with E-state index in [2.05, 4.69) is 5.32 Å². The maximum Gasteiger partial charge on any atom is 0.264 e. The van der Waals surface area contributed by atoms with Crippen LogP contribution in [0.25, 0.3) is 0 Å². The fourth-order valence-corrected chi connectivity index (χ4v) is 5.89. The second-order valence-electron chi connectivity index (χ2n) is 10.1. The molecule has 3 rings (SSSR count). The molecule has 0 aromatic heterocycles. The third-order valence-corrected chi connectivity index (χ3v) is 8.96. The number of carbonyl (C=O) groups excluding carboxylic acids is 2. The highest BCUT2D eigenvalue weighted by Gasteiger charge is 2.33. The van der Waals surface area contributed by atoms with E-state index in [1.165, 1.54) is 9.21 Å². The van der Waals surface area contributed by atoms with Gasteiger partial charge in [0.2, 0.25) is 11.8 Å². The fraction of sp³-hybridized carbons (Fsp3) is 0.375. The zero-order chi connectivity index (χ0) is 29.3. The standard InChI is InChI=1S/C32H41N3O4S/c1-6-25(4)33-32(37)26(5)34(22-21-27-13-9-8-10-14-27)31(36)23-35(30-16-12-11-15-28(30)7-2)40(38,39)29-19-17-24(3)18-20-29/h8-20,25-26H,6-7,21-23H2,1-5H3,(H,33,37)/t25-,26-/m0/s1. The fourth-order valence-electron chi connectivity index (χ4n) is 4.44. The van der Waals surface area contributed by atoms with Crippen LogP contribution in [-0.4, -0.2) is 50.3 Å². The summed E-state index contributed by atoms with van der Waals surface area (Å²) in [7, 11) is -4.08. The predicted molar refractivity (Wildman–Crippen MR) is 161 cm³/mol. The second kappa shape index (κ2) is 14.1. The summed E-state index contributed by atoms with van der Waals surface area (Å²) < 4.78 is 29.2. The van der Waals surface area contributed by atoms with Crippen LogP contribution in [0.2, 0.25) is 0 Å². The van der Waals surface area contributed by atoms with E-state index in [9.17, 15) is 18.0 Å². The van der Waals surface area contributed by atoms with Crippen molar-refractivity contribution >= 4 is 27.5 Å². The number of carbonyl (C=O) groups is 2. The van der Waals surface area contributed by atoms with Gasteiger partial charge in [0.05, 0.1) is 10.6 Å². The first-order valence-electron chi connectivity index (χ1n) is 13.9. The molecule has 0 saturated carbocycles. The van der Waals surface area contributed by atoms with Gasteiger partial charge in [-0.25, -0.2) is 8.42 Å². The van der Waals surface area contributed by atoms with Gasteiger partial charge < -0.3 is 10.2 Å². The largest absolute Gasteiger partial charge is 0.352 e. The van der Waals surface area contributed by atoms with Gasteiger partial charge >= 0.3 is 0 Å². The highest BCUT2D eigenvalue weighted by molar-refractivity contribution is 7.92. The van der Waals surface area contributed by atoms with E-state index in [-0.39, 0.29) is 23.4 Å². The molecule has 1 N–H and O–H groups in total. The maximum absolute atomic E-state index is 14.0. The molecule has 8 heteroatoms. The van der Waals surface area contributed by atoms with Crippen LogP contribution < -0.4 is 9.62 Å². The first-order chi connectivity index (χ1) is 19.1. The molecular weight excluding hydrogens is 522 g/mol. The molecule has 0 heterocycles. The molecule has 2 amide bonds. The molecule has 0 aliphatic heterocycles. The number of hydrogen-bond donors (Lipinski definition) is 1. The molecule has 7 nitrogen and oxygen atoms in total. The van der Waals surface area contributed by atoms with Crippen LogP contribution in [-0.2, 0) is 32.5 Å². The molecule has 0 spiro atoms. The minimum Gasteiger partial charge on any atom is -0.352 e. The van der Waals surface area contributed by atoms with Crippen molar-refractivity contribution in [3.63, 3.8) is 0 Å². The molecule has 0 aliphatic carbocycles. The van der Waals surface area contributed by atoms with Gasteiger partial charge in [-0.2, -0.15) is 0 Å². The second-order valence-corrected chi connectivity index (χ2v) is 12.0. The normalized spacial score (nSPS) is 12.8. The monoisotopic (exact) mass is 563 g/mol. The Labute approximate surface area is 239 Å². The van der Waals surface area contributed by atoms with E-state index in [1.807, 2.05) is 70.2 Å². The summed E-state index contributed by atoms with van der Waals surface area (Å²) in [4.78, 5) is 28.8. The first-order valence-corrected chi connectivity index (χ1v) is 15.3. The SMILES string of the molecule is CCc1ccccc1N(CC(=O)N(CCc1ccccc1)[C@@H](C)C(=O)N[C@@H](C)CC)S(=O)(=O)c1ccc(C)cc1. The van der Waals surface area contributed by atoms with E-state index < -0.39 is 28.5 Å². The van der Waals surface area contributed by atoms with E-state index in [0.717, 1.165) is 23.1 Å². The maximum atomic E-state index is 14.0. The van der Waals surface area contributed by atoms with Gasteiger partial charge in [0.1, 0.15) is 12.6 Å². The summed E-state index contributed by atoms with van der Waals surface area (Å²) in [6.45, 7) is 9.27. The average Bonchev–Trinajstić information content (AvgIpc) is 2.96. The lowest BCUT2D eigenvalue weighted by atomic mass is 10.1. The molecule has 0 radical (unpaired) electrons. The summed E-state index contributed by atoms with van der Waals surface area (Å²) in [5.41, 5.74) is 3.22. The molecule has 3 aromatic rings. The van der Waals surface area contributed by atoms with Crippen molar-refractivity contribution in [2.75, 3.05) is 17.4 Å². The molecule has 0 aliphatic rings. The van der Waals surface area contributed by atoms with Crippen molar-refractivity contribution < 1.29 is 18.0 Å². The summed E-state index contributed by atoms with van der Waals surface area (Å²) >= 11 is 0. The number of para-hydroxylation sites is 1. The number of benzene rings is 3. The number of sulfonamides is 1. The minimum absolute atomic E-state index is 0.0455. The third kappa shape index (κ3) is 7.72. The summed E-state index contributed by atoms with van der Waals surface area (Å²) in [5, 5.41) is 2.96. The van der Waals surface area contributed by atoms with Crippen molar-refractivity contribution in [1.29, 1.82) is 0 Å². The Morgan fingerprint density at radius 3 is 2.12 bits per heavy atom. The summed E-state index contributed by atoms with van der Waals surface area (Å²) in [5.74, 6) is -0.706. The zero-order valence-electron chi connectivity index (χ0n) is 24.1. The molecule has 3 aromatic carbocycles. The number of amides is 2. The van der Waals surface area contributed by atoms with Crippen molar-refractivity contribution in [2.24, 2.45) is 0 Å². The van der Waals surface area contributed by atoms with Gasteiger partial charge in [-0.05, 0) is 69.4 Å². The molecule has 0 unspecified atom stereocenters. The molecular formula is C32H41N3O4S. The van der Waals surface area contributed by atoms with Crippen LogP contribution in [0.4, 0.5) is 5.69 Å². The van der Waals surface area contributed by atoms with Gasteiger partial charge in [-0.1, -0.05) is 80.1 Å². The van der Waals surface area contributed by atoms with Gasteiger partial charge in [0.15, 0.2) is 0 Å². The van der Waals surface area contributed by atoms with E-state index in [4.69, 9.17) is 0 Å². The molecule has 40 heavy (non-hydrogen) atoms. The Morgan fingerprint density at radius 2 is 1.50 bits per heavy atom. The predicted octanol–water partition coefficient (Wildman–Crippen LogP) is 5.13. The van der Waals surface area contributed by atoms with Gasteiger partial charge in [0.25, 0.3) is 10.0 Å². The van der Waals surface area contributed by atoms with Crippen LogP contribution in [0, 0.1) is 6.92 Å². The van der Waals surface area contributed by atoms with E-state index in [1.54, 1.807) is 43.3 Å². The van der Waals surface area contributed by atoms with Gasteiger partial charge in [-0.15, -0.1) is 0 Å². The third-order valence-electron chi connectivity index (χ3n) is 7.18. The van der Waals surface area contributed by atoms with Crippen molar-refractivity contribution in [2.45, 2.75) is 70.9 Å². The highest BCUT2D eigenvalue weighted by atomic mass is 32.2. The van der Waals surface area contributed by atoms with Crippen molar-refractivity contribution in [1.82, 2.24) is 10.2 Å². The number of aryl methyl sites for hydroxylation is 2. The van der Waals surface area contributed by atoms with Gasteiger partial charge in [-0.3, -0.25) is 13.9 Å². The average molecular weight is 564 g/mol. The smallest absolute Gasteiger partial charge is 0.264 e. The molecule has 214 valence electrons. The molecule has 0 bridgehead atoms. The van der Waals surface area contributed by atoms with E-state index in [0.29, 0.717) is 18.5 Å². The van der Waals surface area contributed by atoms with Crippen molar-refractivity contribution in [3.05, 3.63) is 95.6 Å². The number of hydrogen-bond acceptors (Lipinski definition) is 4. The van der Waals surface area contributed by atoms with Gasteiger partial charge in [0, 0.05) is 12.6 Å². The lowest BCUT2D eigenvalue weighted by Crippen LogP contribution is -2.53. The molecule has 2 atom stereocenters. The lowest BCUT2D eigenvalue weighted by Gasteiger charge is -2.33. The van der Waals surface area contributed by atoms with Crippen LogP contribution in [0.5, 0.6) is 0 Å². The summed E-state index contributed by atoms with van der Waals surface area (Å²) in [6.07, 6.45) is 1.88. The van der Waals surface area contributed by atoms with E-state index >= 15 is 0 Å². The van der Waals surface area contributed by atoms with Crippen LogP contribution >= 0.6 is 0 Å². The van der Waals surface area contributed by atoms with Crippen molar-refractivity contribution in [3.8, 4) is 0 Å². The summed E-state index contributed by atoms with van der Waals surface area (Å²) in [6, 6.07) is 22.7. The number of anilines is 1. The quantitative estimate of drug-likeness (QED) is 0.313. The Kier molecular flexibility index (Phi) is 10.9. The van der Waals surface area contributed by atoms with Crippen LogP contribution in [0.3, 0.4) is 0 Å². The highest BCUT2D eigenvalue weighted by Crippen LogP contribution is 2.28. The Morgan fingerprint density at radius 1 is 0.875 bits per heavy atom. The molecule has 0 fully saturated rings. The zero-order valence-corrected chi connectivity index (χ0v) is 24.9.